The first-order chi connectivity index (χ1) is 18.1. The first-order valence-electron chi connectivity index (χ1n) is 12.8. The number of aromatic amines is 1. The van der Waals surface area contributed by atoms with Crippen molar-refractivity contribution in [1.82, 2.24) is 14.8 Å². The number of rotatable bonds is 3. The summed E-state index contributed by atoms with van der Waals surface area (Å²) in [5.41, 5.74) is 1.32. The number of hydrogen-bond acceptors (Lipinski definition) is 6. The van der Waals surface area contributed by atoms with Gasteiger partial charge in [-0.2, -0.15) is 0 Å². The molecule has 9 heteroatoms. The number of aliphatic hydroxyl groups is 1. The Morgan fingerprint density at radius 3 is 2.21 bits per heavy atom. The number of hydrogen-bond donors (Lipinski definition) is 3. The second kappa shape index (κ2) is 13.2. The zero-order chi connectivity index (χ0) is 27.7. The average Bonchev–Trinajstić information content (AvgIpc) is 3.51. The molecule has 38 heavy (non-hydrogen) atoms. The number of carbonyl (C=O) groups is 3. The van der Waals surface area contributed by atoms with Crippen LogP contribution in [0.1, 0.15) is 44.1 Å². The summed E-state index contributed by atoms with van der Waals surface area (Å²) in [5.74, 6) is -0.237. The zero-order valence-corrected chi connectivity index (χ0v) is 22.5. The minimum atomic E-state index is -0.601. The first kappa shape index (κ1) is 28.9. The molecule has 2 aliphatic heterocycles. The number of nitrogens with zero attached hydrogens (tertiary/aromatic N) is 2. The number of aromatic nitrogens is 1. The number of ether oxygens (including phenoxy) is 1. The maximum atomic E-state index is 12.7. The predicted molar refractivity (Wildman–Crippen MR) is 148 cm³/mol. The van der Waals surface area contributed by atoms with Gasteiger partial charge < -0.3 is 25.0 Å². The van der Waals surface area contributed by atoms with E-state index in [9.17, 15) is 14.4 Å². The highest BCUT2D eigenvalue weighted by molar-refractivity contribution is 5.99. The quantitative estimate of drug-likeness (QED) is 0.442. The van der Waals surface area contributed by atoms with Crippen molar-refractivity contribution < 1.29 is 24.2 Å². The smallest absolute Gasteiger partial charge is 0.410 e. The molecule has 0 unspecified atom stereocenters. The molecule has 3 heterocycles. The lowest BCUT2D eigenvalue weighted by molar-refractivity contribution is -0.120. The summed E-state index contributed by atoms with van der Waals surface area (Å²) >= 11 is 0. The zero-order valence-electron chi connectivity index (χ0n) is 22.5. The molecule has 5 rings (SSSR count). The molecule has 0 aliphatic carbocycles. The monoisotopic (exact) mass is 522 g/mol. The van der Waals surface area contributed by atoms with Gasteiger partial charge >= 0.3 is 6.09 Å². The van der Waals surface area contributed by atoms with Crippen LogP contribution in [0.4, 0.5) is 10.5 Å². The van der Waals surface area contributed by atoms with Crippen molar-refractivity contribution in [2.24, 2.45) is 0 Å². The largest absolute Gasteiger partial charge is 0.444 e. The Kier molecular flexibility index (Phi) is 10.0. The molecule has 3 aromatic rings. The number of H-pyrrole nitrogens is 1. The van der Waals surface area contributed by atoms with Crippen molar-refractivity contribution in [3.8, 4) is 0 Å². The van der Waals surface area contributed by atoms with E-state index in [0.717, 1.165) is 36.7 Å². The number of likely N-dealkylation sites (N-methyl/N-ethyl adjacent to an activating group) is 1. The van der Waals surface area contributed by atoms with Crippen LogP contribution in [0.2, 0.25) is 0 Å². The van der Waals surface area contributed by atoms with E-state index in [2.05, 4.69) is 15.2 Å². The van der Waals surface area contributed by atoms with Crippen molar-refractivity contribution in [2.75, 3.05) is 32.0 Å². The van der Waals surface area contributed by atoms with Gasteiger partial charge in [-0.25, -0.2) is 4.79 Å². The summed E-state index contributed by atoms with van der Waals surface area (Å²) in [5, 5.41) is 12.3. The number of likely N-dealkylation sites (tertiary alicyclic amines) is 2. The van der Waals surface area contributed by atoms with Crippen LogP contribution in [0.15, 0.2) is 60.7 Å². The van der Waals surface area contributed by atoms with Crippen molar-refractivity contribution >= 4 is 34.9 Å². The van der Waals surface area contributed by atoms with Crippen LogP contribution in [0.25, 0.3) is 10.9 Å². The summed E-state index contributed by atoms with van der Waals surface area (Å²) in [6.45, 7) is 7.63. The summed E-state index contributed by atoms with van der Waals surface area (Å²) in [6.07, 6.45) is 1.61. The summed E-state index contributed by atoms with van der Waals surface area (Å²) < 4.78 is 5.39. The molecule has 1 atom stereocenters. The molecule has 2 amide bonds. The Balaban J connectivity index is 0.000000271. The second-order valence-electron chi connectivity index (χ2n) is 10.5. The molecule has 0 radical (unpaired) electrons. The number of carbonyl (C=O) groups excluding carboxylic acids is 3. The van der Waals surface area contributed by atoms with Crippen LogP contribution in [-0.4, -0.2) is 82.6 Å². The van der Waals surface area contributed by atoms with E-state index in [-0.39, 0.29) is 12.0 Å². The number of anilines is 1. The molecular weight excluding hydrogens is 484 g/mol. The maximum Gasteiger partial charge on any atom is 0.410 e. The minimum absolute atomic E-state index is 0.0324. The van der Waals surface area contributed by atoms with Gasteiger partial charge in [-0.15, -0.1) is 0 Å². The van der Waals surface area contributed by atoms with Crippen molar-refractivity contribution in [3.05, 3.63) is 66.4 Å². The Morgan fingerprint density at radius 2 is 1.71 bits per heavy atom. The van der Waals surface area contributed by atoms with E-state index in [1.807, 2.05) is 43.4 Å². The number of aliphatic hydroxyl groups excluding tert-OH is 1. The molecule has 2 fully saturated rings. The Hall–Kier alpha value is -3.69. The minimum Gasteiger partial charge on any atom is -0.444 e. The van der Waals surface area contributed by atoms with Gasteiger partial charge in [0.1, 0.15) is 11.6 Å². The third kappa shape index (κ3) is 8.71. The number of fused-ring (bicyclic) bond motifs is 1. The average molecular weight is 523 g/mol. The van der Waals surface area contributed by atoms with Crippen LogP contribution < -0.4 is 5.32 Å². The fourth-order valence-corrected chi connectivity index (χ4v) is 4.15. The van der Waals surface area contributed by atoms with Crippen LogP contribution >= 0.6 is 0 Å². The molecule has 2 aliphatic rings. The van der Waals surface area contributed by atoms with E-state index in [1.165, 1.54) is 4.90 Å². The fourth-order valence-electron chi connectivity index (χ4n) is 4.15. The van der Waals surface area contributed by atoms with Crippen LogP contribution in [0, 0.1) is 0 Å². The molecule has 204 valence electrons. The van der Waals surface area contributed by atoms with Gasteiger partial charge in [0.15, 0.2) is 6.29 Å². The van der Waals surface area contributed by atoms with Crippen LogP contribution in [-0.2, 0) is 9.53 Å². The number of amides is 2. The van der Waals surface area contributed by atoms with Gasteiger partial charge in [0.2, 0.25) is 5.91 Å². The lowest BCUT2D eigenvalue weighted by Crippen LogP contribution is -2.47. The third-order valence-electron chi connectivity index (χ3n) is 5.93. The second-order valence-corrected chi connectivity index (χ2v) is 10.5. The van der Waals surface area contributed by atoms with Crippen molar-refractivity contribution in [1.29, 1.82) is 0 Å². The lowest BCUT2D eigenvalue weighted by Gasteiger charge is -2.31. The summed E-state index contributed by atoms with van der Waals surface area (Å²) in [6, 6.07) is 18.5. The van der Waals surface area contributed by atoms with Gasteiger partial charge in [0.05, 0.1) is 11.8 Å². The van der Waals surface area contributed by atoms with Gasteiger partial charge in [0.25, 0.3) is 0 Å². The van der Waals surface area contributed by atoms with Gasteiger partial charge in [0, 0.05) is 36.2 Å². The Bertz CT molecular complexity index is 1170. The van der Waals surface area contributed by atoms with Crippen molar-refractivity contribution in [2.45, 2.75) is 51.4 Å². The standard InChI is InChI=1S/C19H23N3O4.C6H6.C4H9NO/c1-19(2,3)26-18(25)22-8-4-5-16(22)17(24)21-13-6-7-15-12(9-13)10-14(11-23)20-15;1-2-4-6-5-3-1;1-5-2-4(6)3-5/h6-7,9-11,16,20H,4-5,8H2,1-3H3,(H,21,24);1-6H;4,6H,2-3H2,1H3/t16-;;/m0../s1. The van der Waals surface area contributed by atoms with E-state index in [1.54, 1.807) is 45.0 Å². The number of benzene rings is 2. The highest BCUT2D eigenvalue weighted by Gasteiger charge is 2.36. The first-order valence-corrected chi connectivity index (χ1v) is 12.8. The van der Waals surface area contributed by atoms with Crippen LogP contribution in [0.5, 0.6) is 0 Å². The van der Waals surface area contributed by atoms with E-state index in [4.69, 9.17) is 9.84 Å². The molecule has 2 saturated heterocycles. The lowest BCUT2D eigenvalue weighted by atomic mass is 10.2. The van der Waals surface area contributed by atoms with E-state index < -0.39 is 17.7 Å². The number of β-amino-alcohol motifs (C(OH)–C–C–N with tert-alkyl or cyclic N) is 1. The molecule has 3 N–H and O–H groups in total. The van der Waals surface area contributed by atoms with Gasteiger partial charge in [-0.3, -0.25) is 14.5 Å². The molecule has 2 aromatic carbocycles. The maximum absolute atomic E-state index is 12.7. The van der Waals surface area contributed by atoms with Gasteiger partial charge in [-0.1, -0.05) is 36.4 Å². The Morgan fingerprint density at radius 1 is 1.08 bits per heavy atom. The molecule has 0 saturated carbocycles. The Labute approximate surface area is 223 Å². The molecule has 0 bridgehead atoms. The summed E-state index contributed by atoms with van der Waals surface area (Å²) in [7, 11) is 1.99. The molecule has 1 aromatic heterocycles. The van der Waals surface area contributed by atoms with Crippen molar-refractivity contribution in [3.63, 3.8) is 0 Å². The van der Waals surface area contributed by atoms with E-state index >= 15 is 0 Å². The normalized spacial score (nSPS) is 17.4. The molecule has 9 nitrogen and oxygen atoms in total. The topological polar surface area (TPSA) is 115 Å². The summed E-state index contributed by atoms with van der Waals surface area (Å²) in [4.78, 5) is 42.4. The highest BCUT2D eigenvalue weighted by Crippen LogP contribution is 2.24. The third-order valence-corrected chi connectivity index (χ3v) is 5.93. The highest BCUT2D eigenvalue weighted by atomic mass is 16.6. The number of nitrogens with one attached hydrogen (secondary N) is 2. The SMILES string of the molecule is CC(C)(C)OC(=O)N1CCC[C@H]1C(=O)Nc1ccc2[nH]c(C=O)cc2c1.CN1CC(O)C1.c1ccccc1. The predicted octanol–water partition coefficient (Wildman–Crippen LogP) is 4.30. The number of aldehydes is 1. The van der Waals surface area contributed by atoms with Crippen LogP contribution in [0.3, 0.4) is 0 Å². The van der Waals surface area contributed by atoms with E-state index in [0.29, 0.717) is 24.3 Å². The molecular formula is C29H38N4O5. The van der Waals surface area contributed by atoms with Gasteiger partial charge in [-0.05, 0) is 64.9 Å². The fraction of sp³-hybridized carbons (Fsp3) is 0.414. The molecule has 0 spiro atoms.